The normalized spacial score (nSPS) is 23.7. The predicted molar refractivity (Wildman–Crippen MR) is 58.8 cm³/mol. The van der Waals surface area contributed by atoms with E-state index >= 15 is 0 Å². The lowest BCUT2D eigenvalue weighted by atomic mass is 9.91. The van der Waals surface area contributed by atoms with E-state index < -0.39 is 0 Å². The lowest BCUT2D eigenvalue weighted by Gasteiger charge is -2.21. The molecule has 1 unspecified atom stereocenters. The van der Waals surface area contributed by atoms with Crippen molar-refractivity contribution in [3.05, 3.63) is 0 Å². The molecule has 0 aromatic carbocycles. The van der Waals surface area contributed by atoms with E-state index in [-0.39, 0.29) is 5.41 Å². The van der Waals surface area contributed by atoms with Crippen molar-refractivity contribution >= 4 is 0 Å². The summed E-state index contributed by atoms with van der Waals surface area (Å²) in [6, 6.07) is 2.36. The molecule has 2 nitrogen and oxygen atoms in total. The summed E-state index contributed by atoms with van der Waals surface area (Å²) < 4.78 is 0. The summed E-state index contributed by atoms with van der Waals surface area (Å²) in [5, 5.41) is 8.90. The van der Waals surface area contributed by atoms with Crippen LogP contribution in [0.1, 0.15) is 40.0 Å². The molecule has 14 heavy (non-hydrogen) atoms. The summed E-state index contributed by atoms with van der Waals surface area (Å²) in [7, 11) is 0. The number of rotatable bonds is 4. The van der Waals surface area contributed by atoms with Crippen LogP contribution in [0, 0.1) is 22.7 Å². The molecule has 2 heteroatoms. The molecule has 0 saturated carbocycles. The van der Waals surface area contributed by atoms with Gasteiger partial charge in [0.2, 0.25) is 0 Å². The van der Waals surface area contributed by atoms with Crippen molar-refractivity contribution in [2.75, 3.05) is 19.6 Å². The highest BCUT2D eigenvalue weighted by molar-refractivity contribution is 4.92. The zero-order chi connectivity index (χ0) is 10.6. The Balaban J connectivity index is 2.24. The summed E-state index contributed by atoms with van der Waals surface area (Å²) in [6.45, 7) is 9.91. The second-order valence-corrected chi connectivity index (χ2v) is 5.11. The zero-order valence-corrected chi connectivity index (χ0v) is 9.71. The van der Waals surface area contributed by atoms with Gasteiger partial charge in [-0.2, -0.15) is 5.26 Å². The van der Waals surface area contributed by atoms with E-state index in [2.05, 4.69) is 17.9 Å². The average Bonchev–Trinajstić information content (AvgIpc) is 2.63. The smallest absolute Gasteiger partial charge is 0.0684 e. The molecule has 1 aliphatic heterocycles. The molecular weight excluding hydrogens is 172 g/mol. The van der Waals surface area contributed by atoms with Gasteiger partial charge in [-0.1, -0.05) is 13.3 Å². The van der Waals surface area contributed by atoms with Crippen LogP contribution in [-0.2, 0) is 0 Å². The van der Waals surface area contributed by atoms with Crippen molar-refractivity contribution in [1.29, 1.82) is 5.26 Å². The Morgan fingerprint density at radius 2 is 2.21 bits per heavy atom. The summed E-state index contributed by atoms with van der Waals surface area (Å²) in [6.07, 6.45) is 3.65. The summed E-state index contributed by atoms with van der Waals surface area (Å²) in [5.74, 6) is 0.903. The van der Waals surface area contributed by atoms with Crippen LogP contribution < -0.4 is 0 Å². The molecule has 1 heterocycles. The second-order valence-electron chi connectivity index (χ2n) is 5.11. The molecule has 0 aromatic rings. The Morgan fingerprint density at radius 3 is 2.71 bits per heavy atom. The predicted octanol–water partition coefficient (Wildman–Crippen LogP) is 2.66. The van der Waals surface area contributed by atoms with E-state index in [1.807, 2.05) is 13.8 Å². The Morgan fingerprint density at radius 1 is 1.50 bits per heavy atom. The van der Waals surface area contributed by atoms with Crippen LogP contribution in [0.4, 0.5) is 0 Å². The van der Waals surface area contributed by atoms with E-state index in [9.17, 15) is 0 Å². The molecule has 1 atom stereocenters. The molecule has 0 aliphatic carbocycles. The van der Waals surface area contributed by atoms with Gasteiger partial charge in [-0.05, 0) is 45.7 Å². The maximum Gasteiger partial charge on any atom is 0.0684 e. The second kappa shape index (κ2) is 4.79. The molecule has 0 bridgehead atoms. The quantitative estimate of drug-likeness (QED) is 0.688. The number of hydrogen-bond donors (Lipinski definition) is 0. The van der Waals surface area contributed by atoms with Gasteiger partial charge >= 0.3 is 0 Å². The highest BCUT2D eigenvalue weighted by atomic mass is 15.1. The molecule has 80 valence electrons. The van der Waals surface area contributed by atoms with Crippen molar-refractivity contribution in [2.45, 2.75) is 40.0 Å². The molecule has 0 aromatic heterocycles. The van der Waals surface area contributed by atoms with Gasteiger partial charge in [0.25, 0.3) is 0 Å². The monoisotopic (exact) mass is 194 g/mol. The fourth-order valence-electron chi connectivity index (χ4n) is 1.94. The van der Waals surface area contributed by atoms with E-state index in [1.54, 1.807) is 0 Å². The first-order chi connectivity index (χ1) is 6.57. The SMILES string of the molecule is CCC1CCN(CCC(C)(C)C#N)C1. The van der Waals surface area contributed by atoms with Crippen molar-refractivity contribution < 1.29 is 0 Å². The zero-order valence-electron chi connectivity index (χ0n) is 9.71. The molecule has 0 N–H and O–H groups in total. The van der Waals surface area contributed by atoms with Gasteiger partial charge in [0.05, 0.1) is 11.5 Å². The van der Waals surface area contributed by atoms with Gasteiger partial charge in [-0.25, -0.2) is 0 Å². The van der Waals surface area contributed by atoms with Gasteiger partial charge in [0.1, 0.15) is 0 Å². The van der Waals surface area contributed by atoms with Crippen LogP contribution in [0.15, 0.2) is 0 Å². The average molecular weight is 194 g/mol. The minimum Gasteiger partial charge on any atom is -0.303 e. The molecule has 0 spiro atoms. The van der Waals surface area contributed by atoms with Crippen LogP contribution in [0.2, 0.25) is 0 Å². The molecule has 0 amide bonds. The Labute approximate surface area is 87.9 Å². The van der Waals surface area contributed by atoms with E-state index in [0.717, 1.165) is 18.9 Å². The highest BCUT2D eigenvalue weighted by Crippen LogP contribution is 2.23. The standard InChI is InChI=1S/C12H22N2/c1-4-11-5-7-14(9-11)8-6-12(2,3)10-13/h11H,4-9H2,1-3H3. The van der Waals surface area contributed by atoms with Crippen molar-refractivity contribution in [2.24, 2.45) is 11.3 Å². The largest absolute Gasteiger partial charge is 0.303 e. The van der Waals surface area contributed by atoms with Gasteiger partial charge < -0.3 is 4.90 Å². The van der Waals surface area contributed by atoms with Gasteiger partial charge in [0, 0.05) is 6.54 Å². The van der Waals surface area contributed by atoms with Crippen molar-refractivity contribution in [3.63, 3.8) is 0 Å². The van der Waals surface area contributed by atoms with Gasteiger partial charge in [-0.3, -0.25) is 0 Å². The Hall–Kier alpha value is -0.550. The maximum atomic E-state index is 8.90. The number of hydrogen-bond acceptors (Lipinski definition) is 2. The summed E-state index contributed by atoms with van der Waals surface area (Å²) >= 11 is 0. The fourth-order valence-corrected chi connectivity index (χ4v) is 1.94. The minimum absolute atomic E-state index is 0.149. The van der Waals surface area contributed by atoms with Gasteiger partial charge in [-0.15, -0.1) is 0 Å². The Kier molecular flexibility index (Phi) is 3.95. The maximum absolute atomic E-state index is 8.90. The van der Waals surface area contributed by atoms with Crippen molar-refractivity contribution in [1.82, 2.24) is 4.90 Å². The molecule has 1 saturated heterocycles. The molecule has 1 rings (SSSR count). The molecule has 0 radical (unpaired) electrons. The third-order valence-electron chi connectivity index (χ3n) is 3.30. The lowest BCUT2D eigenvalue weighted by molar-refractivity contribution is 0.278. The summed E-state index contributed by atoms with van der Waals surface area (Å²) in [4.78, 5) is 2.51. The number of nitriles is 1. The number of nitrogens with zero attached hydrogens (tertiary/aromatic N) is 2. The minimum atomic E-state index is -0.149. The first-order valence-electron chi connectivity index (χ1n) is 5.71. The van der Waals surface area contributed by atoms with Gasteiger partial charge in [0.15, 0.2) is 0 Å². The van der Waals surface area contributed by atoms with Crippen LogP contribution in [0.5, 0.6) is 0 Å². The number of likely N-dealkylation sites (tertiary alicyclic amines) is 1. The van der Waals surface area contributed by atoms with E-state index in [1.165, 1.54) is 25.9 Å². The first-order valence-corrected chi connectivity index (χ1v) is 5.71. The van der Waals surface area contributed by atoms with Crippen LogP contribution >= 0.6 is 0 Å². The molecule has 1 aliphatic rings. The highest BCUT2D eigenvalue weighted by Gasteiger charge is 2.23. The Bertz CT molecular complexity index is 215. The molecule has 1 fully saturated rings. The van der Waals surface area contributed by atoms with Crippen molar-refractivity contribution in [3.8, 4) is 6.07 Å². The van der Waals surface area contributed by atoms with Crippen LogP contribution in [-0.4, -0.2) is 24.5 Å². The first kappa shape index (κ1) is 11.5. The van der Waals surface area contributed by atoms with Crippen LogP contribution in [0.3, 0.4) is 0 Å². The molecular formula is C12H22N2. The third-order valence-corrected chi connectivity index (χ3v) is 3.30. The topological polar surface area (TPSA) is 27.0 Å². The lowest BCUT2D eigenvalue weighted by Crippen LogP contribution is -2.25. The third kappa shape index (κ3) is 3.31. The van der Waals surface area contributed by atoms with Crippen LogP contribution in [0.25, 0.3) is 0 Å². The van der Waals surface area contributed by atoms with E-state index in [4.69, 9.17) is 5.26 Å². The van der Waals surface area contributed by atoms with E-state index in [0.29, 0.717) is 0 Å². The fraction of sp³-hybridized carbons (Fsp3) is 0.917. The summed E-state index contributed by atoms with van der Waals surface area (Å²) in [5.41, 5.74) is -0.149.